The molecule has 0 saturated heterocycles. The Labute approximate surface area is 200 Å². The molecule has 0 amide bonds. The number of aromatic nitrogens is 2. The van der Waals surface area contributed by atoms with Crippen molar-refractivity contribution in [2.24, 2.45) is 0 Å². The third kappa shape index (κ3) is 4.07. The van der Waals surface area contributed by atoms with Gasteiger partial charge in [0, 0.05) is 5.70 Å². The molecule has 1 aliphatic heterocycles. The first-order chi connectivity index (χ1) is 16.0. The van der Waals surface area contributed by atoms with Crippen LogP contribution in [0.4, 0.5) is 10.1 Å². The van der Waals surface area contributed by atoms with E-state index in [1.54, 1.807) is 22.3 Å². The van der Waals surface area contributed by atoms with Crippen LogP contribution < -0.4 is 10.2 Å². The van der Waals surface area contributed by atoms with Gasteiger partial charge in [0.15, 0.2) is 5.11 Å². The number of thiocarbonyl (C=S) groups is 1. The molecule has 0 fully saturated rings. The Morgan fingerprint density at radius 2 is 1.97 bits per heavy atom. The molecule has 2 aromatic heterocycles. The monoisotopic (exact) mass is 476 g/mol. The molecule has 1 unspecified atom stereocenters. The third-order valence-electron chi connectivity index (χ3n) is 5.67. The summed E-state index contributed by atoms with van der Waals surface area (Å²) in [6, 6.07) is 18.3. The second-order valence-corrected chi connectivity index (χ2v) is 9.03. The molecule has 3 heterocycles. The summed E-state index contributed by atoms with van der Waals surface area (Å²) in [5, 5.41) is 10.1. The first-order valence-electron chi connectivity index (χ1n) is 10.6. The van der Waals surface area contributed by atoms with Gasteiger partial charge in [-0.25, -0.2) is 4.39 Å². The zero-order valence-electron chi connectivity index (χ0n) is 18.1. The maximum absolute atomic E-state index is 14.0. The first kappa shape index (κ1) is 21.5. The molecule has 4 aromatic rings. The Kier molecular flexibility index (Phi) is 5.78. The number of aryl methyl sites for hydroxylation is 1. The van der Waals surface area contributed by atoms with Crippen molar-refractivity contribution in [3.05, 3.63) is 94.6 Å². The van der Waals surface area contributed by atoms with E-state index in [9.17, 15) is 4.39 Å². The van der Waals surface area contributed by atoms with E-state index in [0.29, 0.717) is 22.5 Å². The number of rotatable bonds is 5. The minimum atomic E-state index is -0.334. The maximum atomic E-state index is 14.0. The lowest BCUT2D eigenvalue weighted by atomic mass is 9.93. The second kappa shape index (κ2) is 8.88. The summed E-state index contributed by atoms with van der Waals surface area (Å²) in [4.78, 5) is 7.43. The quantitative estimate of drug-likeness (QED) is 0.338. The zero-order valence-corrected chi connectivity index (χ0v) is 19.7. The van der Waals surface area contributed by atoms with Crippen LogP contribution in [0.5, 0.6) is 0 Å². The molecular weight excluding hydrogens is 455 g/mol. The topological polar surface area (TPSA) is 54.2 Å². The smallest absolute Gasteiger partial charge is 0.258 e. The van der Waals surface area contributed by atoms with Crippen LogP contribution in [-0.2, 0) is 6.42 Å². The number of halogens is 1. The number of allylic oxidation sites excluding steroid dienone is 1. The molecule has 33 heavy (non-hydrogen) atoms. The fourth-order valence-electron chi connectivity index (χ4n) is 3.98. The minimum Gasteiger partial charge on any atom is -0.351 e. The summed E-state index contributed by atoms with van der Waals surface area (Å²) >= 11 is 7.27. The fraction of sp³-hybridized carbons (Fsp3) is 0.160. The molecule has 0 saturated carbocycles. The highest BCUT2D eigenvalue weighted by Crippen LogP contribution is 2.39. The molecule has 1 aliphatic rings. The highest BCUT2D eigenvalue weighted by Gasteiger charge is 2.35. The Morgan fingerprint density at radius 3 is 2.67 bits per heavy atom. The summed E-state index contributed by atoms with van der Waals surface area (Å²) in [6.45, 7) is 4.07. The van der Waals surface area contributed by atoms with Crippen molar-refractivity contribution < 1.29 is 8.91 Å². The molecule has 0 radical (unpaired) electrons. The van der Waals surface area contributed by atoms with Gasteiger partial charge < -0.3 is 9.84 Å². The van der Waals surface area contributed by atoms with E-state index in [4.69, 9.17) is 21.7 Å². The number of hydrogen-bond acceptors (Lipinski definition) is 5. The van der Waals surface area contributed by atoms with Gasteiger partial charge in [-0.05, 0) is 66.3 Å². The van der Waals surface area contributed by atoms with Crippen LogP contribution in [-0.4, -0.2) is 15.3 Å². The lowest BCUT2D eigenvalue weighted by Crippen LogP contribution is -2.46. The van der Waals surface area contributed by atoms with Gasteiger partial charge in [0.1, 0.15) is 5.82 Å². The van der Waals surface area contributed by atoms with E-state index in [2.05, 4.69) is 41.7 Å². The Balaban J connectivity index is 1.65. The van der Waals surface area contributed by atoms with Gasteiger partial charge >= 0.3 is 0 Å². The van der Waals surface area contributed by atoms with Crippen LogP contribution in [0.3, 0.4) is 0 Å². The SMILES string of the molecule is CCc1ccc(C2NC(=S)N(c3cccc(F)c3)C(C)=C2c2nc(-c3cccs3)no2)cc1. The van der Waals surface area contributed by atoms with Gasteiger partial charge in [-0.2, -0.15) is 4.98 Å². The normalized spacial score (nSPS) is 16.3. The van der Waals surface area contributed by atoms with E-state index in [0.717, 1.165) is 28.1 Å². The van der Waals surface area contributed by atoms with Crippen LogP contribution in [0.15, 0.2) is 76.3 Å². The highest BCUT2D eigenvalue weighted by atomic mass is 32.1. The molecule has 0 spiro atoms. The molecular formula is C25H21FN4OS2. The number of benzene rings is 2. The van der Waals surface area contributed by atoms with Crippen molar-refractivity contribution in [1.82, 2.24) is 15.5 Å². The summed E-state index contributed by atoms with van der Waals surface area (Å²) < 4.78 is 19.8. The molecule has 0 aliphatic carbocycles. The van der Waals surface area contributed by atoms with Gasteiger partial charge in [-0.15, -0.1) is 11.3 Å². The molecule has 166 valence electrons. The van der Waals surface area contributed by atoms with Crippen LogP contribution in [0.1, 0.15) is 36.9 Å². The number of nitrogens with zero attached hydrogens (tertiary/aromatic N) is 3. The van der Waals surface area contributed by atoms with Crippen molar-refractivity contribution >= 4 is 39.9 Å². The van der Waals surface area contributed by atoms with Crippen LogP contribution in [0, 0.1) is 5.82 Å². The second-order valence-electron chi connectivity index (χ2n) is 7.69. The number of anilines is 1. The van der Waals surface area contributed by atoms with E-state index >= 15 is 0 Å². The number of hydrogen-bond donors (Lipinski definition) is 1. The lowest BCUT2D eigenvalue weighted by Gasteiger charge is -2.37. The van der Waals surface area contributed by atoms with Crippen molar-refractivity contribution in [2.75, 3.05) is 4.90 Å². The summed E-state index contributed by atoms with van der Waals surface area (Å²) in [5.74, 6) is 0.599. The molecule has 1 atom stereocenters. The molecule has 8 heteroatoms. The summed E-state index contributed by atoms with van der Waals surface area (Å²) in [7, 11) is 0. The zero-order chi connectivity index (χ0) is 22.9. The van der Waals surface area contributed by atoms with Gasteiger partial charge in [0.25, 0.3) is 5.89 Å². The molecule has 5 nitrogen and oxygen atoms in total. The van der Waals surface area contributed by atoms with Crippen LogP contribution in [0.2, 0.25) is 0 Å². The highest BCUT2D eigenvalue weighted by molar-refractivity contribution is 7.80. The Hall–Kier alpha value is -3.36. The minimum absolute atomic E-state index is 0.287. The van der Waals surface area contributed by atoms with Crippen LogP contribution in [0.25, 0.3) is 16.3 Å². The van der Waals surface area contributed by atoms with Crippen molar-refractivity contribution in [3.63, 3.8) is 0 Å². The fourth-order valence-corrected chi connectivity index (χ4v) is 4.99. The Morgan fingerprint density at radius 1 is 1.15 bits per heavy atom. The predicted molar refractivity (Wildman–Crippen MR) is 133 cm³/mol. The van der Waals surface area contributed by atoms with Gasteiger partial charge in [-0.3, -0.25) is 4.90 Å². The van der Waals surface area contributed by atoms with Crippen molar-refractivity contribution in [1.29, 1.82) is 0 Å². The standard InChI is InChI=1S/C25H21FN4OS2/c1-3-16-9-11-17(12-10-16)22-21(24-28-23(29-31-24)20-8-5-13-33-20)15(2)30(25(32)27-22)19-7-4-6-18(26)14-19/h4-14,22H,3H2,1-2H3,(H,27,32). The first-order valence-corrected chi connectivity index (χ1v) is 11.9. The average Bonchev–Trinajstić information content (AvgIpc) is 3.51. The van der Waals surface area contributed by atoms with E-state index < -0.39 is 0 Å². The lowest BCUT2D eigenvalue weighted by molar-refractivity contribution is 0.404. The van der Waals surface area contributed by atoms with Crippen molar-refractivity contribution in [2.45, 2.75) is 26.3 Å². The molecule has 0 bridgehead atoms. The third-order valence-corrected chi connectivity index (χ3v) is 6.84. The summed E-state index contributed by atoms with van der Waals surface area (Å²) in [5.41, 5.74) is 4.50. The van der Waals surface area contributed by atoms with Crippen molar-refractivity contribution in [3.8, 4) is 10.7 Å². The average molecular weight is 477 g/mol. The number of thiophene rings is 1. The number of nitrogens with one attached hydrogen (secondary N) is 1. The summed E-state index contributed by atoms with van der Waals surface area (Å²) in [6.07, 6.45) is 0.958. The Bertz CT molecular complexity index is 1330. The molecule has 5 rings (SSSR count). The van der Waals surface area contributed by atoms with E-state index in [1.165, 1.54) is 17.7 Å². The van der Waals surface area contributed by atoms with Gasteiger partial charge in [0.05, 0.1) is 22.2 Å². The van der Waals surface area contributed by atoms with E-state index in [-0.39, 0.29) is 11.9 Å². The van der Waals surface area contributed by atoms with Gasteiger partial charge in [0.2, 0.25) is 5.82 Å². The largest absolute Gasteiger partial charge is 0.351 e. The van der Waals surface area contributed by atoms with Gasteiger partial charge in [-0.1, -0.05) is 48.5 Å². The predicted octanol–water partition coefficient (Wildman–Crippen LogP) is 6.37. The van der Waals surface area contributed by atoms with E-state index in [1.807, 2.05) is 30.5 Å². The maximum Gasteiger partial charge on any atom is 0.258 e. The van der Waals surface area contributed by atoms with Crippen LogP contribution >= 0.6 is 23.6 Å². The molecule has 2 aromatic carbocycles. The molecule has 1 N–H and O–H groups in total.